The molecule has 0 spiro atoms. The van der Waals surface area contributed by atoms with Gasteiger partial charge in [0, 0.05) is 33.5 Å². The normalized spacial score (nSPS) is 12.4. The number of hydrogen-bond donors (Lipinski definition) is 5. The van der Waals surface area contributed by atoms with Crippen molar-refractivity contribution >= 4 is 33.2 Å². The SMILES string of the molecule is N/C(=C\N(N)[C@@H](CC(=O)NO)Cc1cc2ccccc2s1)CNC(=O)c1ccc(F)cc1. The standard InChI is InChI=1S/C22H24FN5O3S/c23-16-7-5-14(6-8-16)22(30)26-12-17(24)13-28(25)18(11-21(29)27-31)10-19-9-15-3-1-2-4-20(15)32-19/h1-9,13,18,31H,10-12,24-25H2,(H,26,30)(H,27,29)/b17-13-/t18-/m1/s1. The van der Waals surface area contributed by atoms with Crippen molar-refractivity contribution in [2.75, 3.05) is 6.54 Å². The first-order valence-electron chi connectivity index (χ1n) is 9.79. The van der Waals surface area contributed by atoms with E-state index < -0.39 is 23.7 Å². The zero-order valence-electron chi connectivity index (χ0n) is 17.1. The summed E-state index contributed by atoms with van der Waals surface area (Å²) in [5, 5.41) is 14.0. The van der Waals surface area contributed by atoms with Crippen molar-refractivity contribution < 1.29 is 19.2 Å². The molecule has 168 valence electrons. The number of thiophene rings is 1. The molecule has 0 aliphatic rings. The third-order valence-corrected chi connectivity index (χ3v) is 5.89. The largest absolute Gasteiger partial charge is 0.399 e. The third kappa shape index (κ3) is 6.27. The average molecular weight is 458 g/mol. The molecule has 0 radical (unpaired) electrons. The third-order valence-electron chi connectivity index (χ3n) is 4.76. The van der Waals surface area contributed by atoms with E-state index >= 15 is 0 Å². The highest BCUT2D eigenvalue weighted by atomic mass is 32.1. The first-order valence-corrected chi connectivity index (χ1v) is 10.6. The van der Waals surface area contributed by atoms with Crippen LogP contribution in [-0.2, 0) is 11.2 Å². The van der Waals surface area contributed by atoms with Crippen molar-refractivity contribution in [1.82, 2.24) is 15.8 Å². The number of nitrogens with two attached hydrogens (primary N) is 2. The van der Waals surface area contributed by atoms with Crippen LogP contribution in [0.5, 0.6) is 0 Å². The summed E-state index contributed by atoms with van der Waals surface area (Å²) in [6, 6.07) is 14.6. The van der Waals surface area contributed by atoms with Gasteiger partial charge in [-0.15, -0.1) is 11.3 Å². The Balaban J connectivity index is 1.66. The smallest absolute Gasteiger partial charge is 0.251 e. The molecule has 0 saturated heterocycles. The van der Waals surface area contributed by atoms with Crippen LogP contribution in [0.1, 0.15) is 21.7 Å². The van der Waals surface area contributed by atoms with Gasteiger partial charge in [0.05, 0.1) is 19.0 Å². The summed E-state index contributed by atoms with van der Waals surface area (Å²) in [5.41, 5.74) is 8.18. The summed E-state index contributed by atoms with van der Waals surface area (Å²) in [4.78, 5) is 25.0. The number of carbonyl (C=O) groups excluding carboxylic acids is 2. The average Bonchev–Trinajstić information content (AvgIpc) is 3.19. The van der Waals surface area contributed by atoms with Crippen LogP contribution in [0.15, 0.2) is 66.5 Å². The van der Waals surface area contributed by atoms with E-state index in [0.29, 0.717) is 12.0 Å². The molecule has 0 saturated carbocycles. The van der Waals surface area contributed by atoms with Gasteiger partial charge in [0.2, 0.25) is 5.91 Å². The maximum absolute atomic E-state index is 13.0. The number of halogens is 1. The van der Waals surface area contributed by atoms with Crippen LogP contribution in [0.2, 0.25) is 0 Å². The van der Waals surface area contributed by atoms with Crippen LogP contribution in [0, 0.1) is 5.82 Å². The number of fused-ring (bicyclic) bond motifs is 1. The highest BCUT2D eigenvalue weighted by Gasteiger charge is 2.20. The Bertz CT molecular complexity index is 1080. The quantitative estimate of drug-likeness (QED) is 0.190. The Kier molecular flexibility index (Phi) is 7.77. The fourth-order valence-electron chi connectivity index (χ4n) is 3.14. The number of benzene rings is 2. The number of nitrogens with zero attached hydrogens (tertiary/aromatic N) is 1. The van der Waals surface area contributed by atoms with Gasteiger partial charge < -0.3 is 16.1 Å². The van der Waals surface area contributed by atoms with E-state index in [9.17, 15) is 14.0 Å². The molecule has 0 aliphatic heterocycles. The first-order chi connectivity index (χ1) is 15.4. The monoisotopic (exact) mass is 457 g/mol. The van der Waals surface area contributed by atoms with E-state index in [4.69, 9.17) is 16.8 Å². The predicted octanol–water partition coefficient (Wildman–Crippen LogP) is 2.25. The minimum atomic E-state index is -0.580. The van der Waals surface area contributed by atoms with Crippen LogP contribution >= 0.6 is 11.3 Å². The number of hydrazine groups is 1. The number of hydrogen-bond acceptors (Lipinski definition) is 7. The van der Waals surface area contributed by atoms with Crippen molar-refractivity contribution in [2.45, 2.75) is 18.9 Å². The molecule has 3 aromatic rings. The van der Waals surface area contributed by atoms with Gasteiger partial charge in [0.25, 0.3) is 5.91 Å². The van der Waals surface area contributed by atoms with E-state index in [1.54, 1.807) is 16.8 Å². The van der Waals surface area contributed by atoms with E-state index in [0.717, 1.165) is 15.0 Å². The van der Waals surface area contributed by atoms with Gasteiger partial charge in [-0.25, -0.2) is 15.7 Å². The van der Waals surface area contributed by atoms with E-state index in [2.05, 4.69) is 5.32 Å². The molecule has 1 heterocycles. The summed E-state index contributed by atoms with van der Waals surface area (Å²) in [6.45, 7) is 0.00567. The van der Waals surface area contributed by atoms with Crippen molar-refractivity contribution in [3.63, 3.8) is 0 Å². The number of hydroxylamine groups is 1. The Morgan fingerprint density at radius 2 is 1.91 bits per heavy atom. The summed E-state index contributed by atoms with van der Waals surface area (Å²) in [5.74, 6) is 4.74. The molecule has 7 N–H and O–H groups in total. The van der Waals surface area contributed by atoms with E-state index in [1.807, 2.05) is 30.3 Å². The maximum atomic E-state index is 13.0. The molecule has 10 heteroatoms. The van der Waals surface area contributed by atoms with E-state index in [1.165, 1.54) is 35.5 Å². The van der Waals surface area contributed by atoms with Crippen LogP contribution < -0.4 is 22.4 Å². The lowest BCUT2D eigenvalue weighted by Crippen LogP contribution is -2.42. The van der Waals surface area contributed by atoms with Crippen molar-refractivity contribution in [1.29, 1.82) is 0 Å². The molecular formula is C22H24FN5O3S. The molecule has 8 nitrogen and oxygen atoms in total. The fraction of sp³-hybridized carbons (Fsp3) is 0.182. The highest BCUT2D eigenvalue weighted by Crippen LogP contribution is 2.27. The number of rotatable bonds is 9. The van der Waals surface area contributed by atoms with Crippen molar-refractivity contribution in [3.8, 4) is 0 Å². The summed E-state index contributed by atoms with van der Waals surface area (Å²) < 4.78 is 14.1. The van der Waals surface area contributed by atoms with Crippen molar-refractivity contribution in [2.24, 2.45) is 11.6 Å². The van der Waals surface area contributed by atoms with Gasteiger partial charge in [-0.1, -0.05) is 18.2 Å². The Morgan fingerprint density at radius 1 is 1.19 bits per heavy atom. The topological polar surface area (TPSA) is 134 Å². The summed E-state index contributed by atoms with van der Waals surface area (Å²) in [6.07, 6.45) is 1.83. The Morgan fingerprint density at radius 3 is 2.59 bits per heavy atom. The Labute approximate surface area is 188 Å². The van der Waals surface area contributed by atoms with Crippen molar-refractivity contribution in [3.05, 3.63) is 82.8 Å². The van der Waals surface area contributed by atoms with Crippen LogP contribution in [0.3, 0.4) is 0 Å². The molecule has 0 bridgehead atoms. The second-order valence-corrected chi connectivity index (χ2v) is 8.36. The predicted molar refractivity (Wildman–Crippen MR) is 121 cm³/mol. The Hall–Kier alpha value is -3.47. The number of amides is 2. The lowest BCUT2D eigenvalue weighted by Gasteiger charge is -2.26. The molecule has 2 amide bonds. The van der Waals surface area contributed by atoms with Gasteiger partial charge in [-0.3, -0.25) is 14.8 Å². The second kappa shape index (κ2) is 10.7. The van der Waals surface area contributed by atoms with Gasteiger partial charge in [-0.2, -0.15) is 0 Å². The molecule has 2 aromatic carbocycles. The van der Waals surface area contributed by atoms with Gasteiger partial charge >= 0.3 is 0 Å². The minimum Gasteiger partial charge on any atom is -0.399 e. The molecule has 0 unspecified atom stereocenters. The molecule has 0 fully saturated rings. The first kappa shape index (κ1) is 23.2. The molecular weight excluding hydrogens is 433 g/mol. The molecule has 1 atom stereocenters. The zero-order chi connectivity index (χ0) is 23.1. The van der Waals surface area contributed by atoms with Gasteiger partial charge in [0.15, 0.2) is 0 Å². The molecule has 1 aromatic heterocycles. The minimum absolute atomic E-state index is 0.00567. The maximum Gasteiger partial charge on any atom is 0.251 e. The number of nitrogens with one attached hydrogen (secondary N) is 2. The van der Waals surface area contributed by atoms with Gasteiger partial charge in [0.1, 0.15) is 5.82 Å². The summed E-state index contributed by atoms with van der Waals surface area (Å²) >= 11 is 1.60. The zero-order valence-corrected chi connectivity index (χ0v) is 17.9. The molecule has 32 heavy (non-hydrogen) atoms. The lowest BCUT2D eigenvalue weighted by molar-refractivity contribution is -0.130. The molecule has 3 rings (SSSR count). The summed E-state index contributed by atoms with van der Waals surface area (Å²) in [7, 11) is 0. The van der Waals surface area contributed by atoms with Crippen LogP contribution in [0.25, 0.3) is 10.1 Å². The fourth-order valence-corrected chi connectivity index (χ4v) is 4.28. The molecule has 0 aliphatic carbocycles. The lowest BCUT2D eigenvalue weighted by atomic mass is 10.1. The van der Waals surface area contributed by atoms with E-state index in [-0.39, 0.29) is 18.7 Å². The van der Waals surface area contributed by atoms with Gasteiger partial charge in [-0.05, 0) is 41.8 Å². The van der Waals surface area contributed by atoms with Crippen LogP contribution in [-0.4, -0.2) is 34.6 Å². The number of carbonyl (C=O) groups is 2. The second-order valence-electron chi connectivity index (χ2n) is 7.19. The van der Waals surface area contributed by atoms with Crippen LogP contribution in [0.4, 0.5) is 4.39 Å². The highest BCUT2D eigenvalue weighted by molar-refractivity contribution is 7.19.